The van der Waals surface area contributed by atoms with Gasteiger partial charge in [-0.25, -0.2) is 4.98 Å². The number of nitrogens with zero attached hydrogens (tertiary/aromatic N) is 4. The average molecular weight is 498 g/mol. The Morgan fingerprint density at radius 2 is 1.86 bits per heavy atom. The number of nitrogens with one attached hydrogen (secondary N) is 2. The Kier molecular flexibility index (Phi) is 6.55. The lowest BCUT2D eigenvalue weighted by Crippen LogP contribution is -2.32. The van der Waals surface area contributed by atoms with Crippen LogP contribution in [0.5, 0.6) is 5.75 Å². The maximum atomic E-state index is 13.0. The van der Waals surface area contributed by atoms with Gasteiger partial charge in [-0.2, -0.15) is 0 Å². The van der Waals surface area contributed by atoms with Crippen LogP contribution in [0.2, 0.25) is 0 Å². The standard InChI is InChI=1S/C27H27N7O3/c1-3-22(35)31-19-11-8-16(9-12-19)24-23(25-26(28)29-15-30-34(25)33-24)17-10-13-20(21(14-17)37-2)27(36)32-18-6-4-5-7-18/h3,8-15,18H,1,4-7H2,2H3,(H,31,35)(H,32,36)(H2,28,29,30). The molecule has 2 amide bonds. The summed E-state index contributed by atoms with van der Waals surface area (Å²) in [5, 5.41) is 14.8. The van der Waals surface area contributed by atoms with E-state index in [1.165, 1.54) is 24.1 Å². The minimum atomic E-state index is -0.298. The lowest BCUT2D eigenvalue weighted by atomic mass is 9.98. The van der Waals surface area contributed by atoms with Gasteiger partial charge in [-0.05, 0) is 48.7 Å². The zero-order valence-electron chi connectivity index (χ0n) is 20.4. The topological polar surface area (TPSA) is 137 Å². The summed E-state index contributed by atoms with van der Waals surface area (Å²) in [5.74, 6) is 0.251. The van der Waals surface area contributed by atoms with Crippen molar-refractivity contribution in [2.24, 2.45) is 0 Å². The molecular formula is C27H27N7O3. The Morgan fingerprint density at radius 1 is 1.14 bits per heavy atom. The number of ether oxygens (including phenoxy) is 1. The molecule has 4 aromatic rings. The van der Waals surface area contributed by atoms with Crippen LogP contribution in [0, 0.1) is 0 Å². The fraction of sp³-hybridized carbons (Fsp3) is 0.222. The van der Waals surface area contributed by atoms with Crippen molar-refractivity contribution >= 4 is 28.8 Å². The zero-order chi connectivity index (χ0) is 25.9. The van der Waals surface area contributed by atoms with Crippen molar-refractivity contribution in [2.45, 2.75) is 31.7 Å². The summed E-state index contributed by atoms with van der Waals surface area (Å²) in [5.41, 5.74) is 10.7. The third-order valence-corrected chi connectivity index (χ3v) is 6.51. The quantitative estimate of drug-likeness (QED) is 0.330. The lowest BCUT2D eigenvalue weighted by molar-refractivity contribution is -0.111. The average Bonchev–Trinajstić information content (AvgIpc) is 3.57. The molecule has 10 heteroatoms. The van der Waals surface area contributed by atoms with Crippen LogP contribution >= 0.6 is 0 Å². The summed E-state index contributed by atoms with van der Waals surface area (Å²) in [6.07, 6.45) is 6.79. The van der Waals surface area contributed by atoms with E-state index in [9.17, 15) is 9.59 Å². The number of anilines is 2. The summed E-state index contributed by atoms with van der Waals surface area (Å²) >= 11 is 0. The largest absolute Gasteiger partial charge is 0.496 e. The maximum absolute atomic E-state index is 13.0. The second kappa shape index (κ2) is 10.1. The number of benzene rings is 2. The maximum Gasteiger partial charge on any atom is 0.255 e. The minimum Gasteiger partial charge on any atom is -0.496 e. The van der Waals surface area contributed by atoms with Crippen molar-refractivity contribution in [1.82, 2.24) is 25.1 Å². The van der Waals surface area contributed by atoms with Gasteiger partial charge in [0, 0.05) is 22.9 Å². The number of hydrogen-bond donors (Lipinski definition) is 3. The Morgan fingerprint density at radius 3 is 2.57 bits per heavy atom. The summed E-state index contributed by atoms with van der Waals surface area (Å²) in [7, 11) is 1.54. The van der Waals surface area contributed by atoms with Gasteiger partial charge in [0.25, 0.3) is 5.91 Å². The Hall–Kier alpha value is -4.73. The molecule has 0 saturated heterocycles. The minimum absolute atomic E-state index is 0.157. The van der Waals surface area contributed by atoms with Gasteiger partial charge >= 0.3 is 0 Å². The number of carbonyl (C=O) groups excluding carboxylic acids is 2. The predicted octanol–water partition coefficient (Wildman–Crippen LogP) is 3.85. The number of carbonyl (C=O) groups is 2. The Balaban J connectivity index is 1.58. The number of nitrogens with two attached hydrogens (primary N) is 1. The van der Waals surface area contributed by atoms with Crippen LogP contribution in [-0.2, 0) is 4.79 Å². The highest BCUT2D eigenvalue weighted by molar-refractivity contribution is 6.01. The van der Waals surface area contributed by atoms with Crippen molar-refractivity contribution < 1.29 is 14.3 Å². The van der Waals surface area contributed by atoms with Gasteiger partial charge in [-0.1, -0.05) is 37.6 Å². The van der Waals surface area contributed by atoms with E-state index in [0.717, 1.165) is 36.8 Å². The van der Waals surface area contributed by atoms with E-state index in [1.54, 1.807) is 24.3 Å². The van der Waals surface area contributed by atoms with E-state index in [0.29, 0.717) is 33.8 Å². The second-order valence-electron chi connectivity index (χ2n) is 8.85. The van der Waals surface area contributed by atoms with E-state index in [-0.39, 0.29) is 23.7 Å². The van der Waals surface area contributed by atoms with Gasteiger partial charge < -0.3 is 21.1 Å². The second-order valence-corrected chi connectivity index (χ2v) is 8.85. The van der Waals surface area contributed by atoms with Gasteiger partial charge in [0.1, 0.15) is 23.3 Å². The third-order valence-electron chi connectivity index (χ3n) is 6.51. The van der Waals surface area contributed by atoms with E-state index in [1.807, 2.05) is 18.2 Å². The van der Waals surface area contributed by atoms with Crippen molar-refractivity contribution in [1.29, 1.82) is 0 Å². The van der Waals surface area contributed by atoms with Crippen LogP contribution in [0.3, 0.4) is 0 Å². The Bertz CT molecular complexity index is 1490. The van der Waals surface area contributed by atoms with Gasteiger partial charge in [0.2, 0.25) is 5.91 Å². The van der Waals surface area contributed by atoms with Crippen molar-refractivity contribution in [3.63, 3.8) is 0 Å². The van der Waals surface area contributed by atoms with Crippen LogP contribution in [0.1, 0.15) is 36.0 Å². The molecule has 1 fully saturated rings. The molecule has 0 aliphatic heterocycles. The molecule has 10 nitrogen and oxygen atoms in total. The van der Waals surface area contributed by atoms with E-state index < -0.39 is 0 Å². The SMILES string of the molecule is C=CC(=O)Nc1ccc(-c2nn3ncnc(N)c3c2-c2ccc(C(=O)NC3CCCC3)c(OC)c2)cc1. The molecule has 5 rings (SSSR count). The number of rotatable bonds is 7. The first-order valence-corrected chi connectivity index (χ1v) is 12.0. The molecule has 0 spiro atoms. The predicted molar refractivity (Wildman–Crippen MR) is 141 cm³/mol. The summed E-state index contributed by atoms with van der Waals surface area (Å²) in [6, 6.07) is 12.8. The molecule has 188 valence electrons. The smallest absolute Gasteiger partial charge is 0.255 e. The van der Waals surface area contributed by atoms with Crippen LogP contribution in [-0.4, -0.2) is 44.8 Å². The third kappa shape index (κ3) is 4.73. The first-order valence-electron chi connectivity index (χ1n) is 12.0. The van der Waals surface area contributed by atoms with Crippen molar-refractivity contribution in [2.75, 3.05) is 18.2 Å². The first kappa shape index (κ1) is 24.0. The number of amides is 2. The zero-order valence-corrected chi connectivity index (χ0v) is 20.4. The van der Waals surface area contributed by atoms with Gasteiger partial charge in [0.15, 0.2) is 5.82 Å². The highest BCUT2D eigenvalue weighted by Gasteiger charge is 2.24. The lowest BCUT2D eigenvalue weighted by Gasteiger charge is -2.15. The molecule has 2 aromatic heterocycles. The molecule has 0 radical (unpaired) electrons. The van der Waals surface area contributed by atoms with Crippen LogP contribution in [0.4, 0.5) is 11.5 Å². The van der Waals surface area contributed by atoms with Crippen molar-refractivity contribution in [3.8, 4) is 28.1 Å². The van der Waals surface area contributed by atoms with E-state index in [2.05, 4.69) is 32.4 Å². The molecule has 4 N–H and O–H groups in total. The molecule has 1 aliphatic rings. The van der Waals surface area contributed by atoms with Gasteiger partial charge in [0.05, 0.1) is 12.7 Å². The van der Waals surface area contributed by atoms with Crippen LogP contribution < -0.4 is 21.1 Å². The van der Waals surface area contributed by atoms with Gasteiger partial charge in [-0.15, -0.1) is 14.8 Å². The van der Waals surface area contributed by atoms with E-state index in [4.69, 9.17) is 10.5 Å². The molecule has 0 unspecified atom stereocenters. The molecule has 1 aliphatic carbocycles. The van der Waals surface area contributed by atoms with Crippen LogP contribution in [0.15, 0.2) is 61.4 Å². The van der Waals surface area contributed by atoms with Crippen molar-refractivity contribution in [3.05, 3.63) is 67.0 Å². The monoisotopic (exact) mass is 497 g/mol. The fourth-order valence-corrected chi connectivity index (χ4v) is 4.67. The van der Waals surface area contributed by atoms with Crippen LogP contribution in [0.25, 0.3) is 27.9 Å². The number of fused-ring (bicyclic) bond motifs is 1. The highest BCUT2D eigenvalue weighted by atomic mass is 16.5. The normalized spacial score (nSPS) is 13.4. The molecule has 2 heterocycles. The summed E-state index contributed by atoms with van der Waals surface area (Å²) in [6.45, 7) is 3.47. The number of hydrogen-bond acceptors (Lipinski definition) is 7. The fourth-order valence-electron chi connectivity index (χ4n) is 4.67. The summed E-state index contributed by atoms with van der Waals surface area (Å²) < 4.78 is 7.06. The van der Waals surface area contributed by atoms with Gasteiger partial charge in [-0.3, -0.25) is 9.59 Å². The highest BCUT2D eigenvalue weighted by Crippen LogP contribution is 2.39. The number of nitrogen functional groups attached to an aromatic ring is 1. The molecule has 0 bridgehead atoms. The van der Waals surface area contributed by atoms with E-state index >= 15 is 0 Å². The molecule has 1 saturated carbocycles. The molecular weight excluding hydrogens is 470 g/mol. The first-order chi connectivity index (χ1) is 18.0. The number of methoxy groups -OCH3 is 1. The molecule has 2 aromatic carbocycles. The number of aromatic nitrogens is 4. The molecule has 37 heavy (non-hydrogen) atoms. The molecule has 0 atom stereocenters. The Labute approximate surface area is 213 Å². The summed E-state index contributed by atoms with van der Waals surface area (Å²) in [4.78, 5) is 28.8.